The van der Waals surface area contributed by atoms with Crippen LogP contribution in [0, 0.1) is 0 Å². The van der Waals surface area contributed by atoms with Crippen LogP contribution in [0.15, 0.2) is 53.3 Å². The molecule has 0 spiro atoms. The van der Waals surface area contributed by atoms with E-state index < -0.39 is 0 Å². The van der Waals surface area contributed by atoms with E-state index in [4.69, 9.17) is 9.72 Å². The Kier molecular flexibility index (Phi) is 10.0. The number of para-hydroxylation sites is 1. The molecule has 1 unspecified atom stereocenters. The Balaban J connectivity index is 2.13. The molecule has 0 fully saturated rings. The lowest BCUT2D eigenvalue weighted by molar-refractivity contribution is -0.135. The van der Waals surface area contributed by atoms with Crippen molar-refractivity contribution in [2.45, 2.75) is 71.8 Å². The van der Waals surface area contributed by atoms with Crippen molar-refractivity contribution in [2.24, 2.45) is 0 Å². The summed E-state index contributed by atoms with van der Waals surface area (Å²) in [6.45, 7) is 7.20. The third kappa shape index (κ3) is 6.37. The lowest BCUT2D eigenvalue weighted by Gasteiger charge is -2.32. The molecule has 1 heterocycles. The van der Waals surface area contributed by atoms with Gasteiger partial charge in [0.25, 0.3) is 5.56 Å². The van der Waals surface area contributed by atoms with E-state index in [1.165, 1.54) is 5.56 Å². The number of rotatable bonds is 13. The molecule has 0 bridgehead atoms. The number of amides is 1. The van der Waals surface area contributed by atoms with E-state index in [1.54, 1.807) is 11.7 Å². The summed E-state index contributed by atoms with van der Waals surface area (Å²) in [5.74, 6) is 0.679. The lowest BCUT2D eigenvalue weighted by atomic mass is 10.1. The van der Waals surface area contributed by atoms with Crippen molar-refractivity contribution in [3.8, 4) is 5.69 Å². The van der Waals surface area contributed by atoms with Crippen LogP contribution in [-0.2, 0) is 16.0 Å². The summed E-state index contributed by atoms with van der Waals surface area (Å²) in [5, 5.41) is 0.569. The first-order chi connectivity index (χ1) is 17.0. The summed E-state index contributed by atoms with van der Waals surface area (Å²) >= 11 is 0. The van der Waals surface area contributed by atoms with Crippen LogP contribution < -0.4 is 5.56 Å². The maximum atomic E-state index is 13.8. The normalized spacial score (nSPS) is 12.1. The number of fused-ring (bicyclic) bond motifs is 1. The quantitative estimate of drug-likeness (QED) is 0.290. The van der Waals surface area contributed by atoms with Gasteiger partial charge in [0.1, 0.15) is 5.82 Å². The van der Waals surface area contributed by atoms with Crippen molar-refractivity contribution in [3.63, 3.8) is 0 Å². The average molecular weight is 478 g/mol. The molecule has 3 aromatic rings. The van der Waals surface area contributed by atoms with Gasteiger partial charge in [-0.3, -0.25) is 14.2 Å². The highest BCUT2D eigenvalue weighted by atomic mass is 16.5. The zero-order valence-electron chi connectivity index (χ0n) is 21.6. The number of ether oxygens (including phenoxy) is 1. The zero-order valence-corrected chi connectivity index (χ0v) is 21.6. The second kappa shape index (κ2) is 13.2. The Morgan fingerprint density at radius 2 is 1.77 bits per heavy atom. The Bertz CT molecular complexity index is 1150. The molecule has 0 saturated heterocycles. The Labute approximate surface area is 208 Å². The van der Waals surface area contributed by atoms with Crippen molar-refractivity contribution < 1.29 is 9.53 Å². The van der Waals surface area contributed by atoms with E-state index in [0.717, 1.165) is 37.8 Å². The number of aromatic nitrogens is 2. The van der Waals surface area contributed by atoms with Crippen molar-refractivity contribution in [1.82, 2.24) is 14.5 Å². The fourth-order valence-corrected chi connectivity index (χ4v) is 4.54. The van der Waals surface area contributed by atoms with Gasteiger partial charge in [-0.1, -0.05) is 64.3 Å². The summed E-state index contributed by atoms with van der Waals surface area (Å²) in [6.07, 6.45) is 6.21. The number of carbonyl (C=O) groups excluding carboxylic acids is 1. The minimum Gasteiger partial charge on any atom is -0.383 e. The van der Waals surface area contributed by atoms with Gasteiger partial charge < -0.3 is 9.64 Å². The van der Waals surface area contributed by atoms with Gasteiger partial charge in [0, 0.05) is 20.1 Å². The van der Waals surface area contributed by atoms with Crippen molar-refractivity contribution in [3.05, 3.63) is 70.3 Å². The van der Waals surface area contributed by atoms with E-state index in [2.05, 4.69) is 13.8 Å². The second-order valence-corrected chi connectivity index (χ2v) is 8.96. The molecule has 6 nitrogen and oxygen atoms in total. The van der Waals surface area contributed by atoms with Gasteiger partial charge in [-0.25, -0.2) is 4.98 Å². The molecule has 6 heteroatoms. The number of hydrogen-bond donors (Lipinski definition) is 0. The van der Waals surface area contributed by atoms with Crippen LogP contribution in [-0.4, -0.2) is 40.6 Å². The molecule has 0 radical (unpaired) electrons. The number of methoxy groups -OCH3 is 1. The maximum Gasteiger partial charge on any atom is 0.266 e. The molecule has 2 aromatic carbocycles. The van der Waals surface area contributed by atoms with Crippen LogP contribution in [0.3, 0.4) is 0 Å². The molecule has 0 N–H and O–H groups in total. The maximum absolute atomic E-state index is 13.8. The summed E-state index contributed by atoms with van der Waals surface area (Å²) in [5.41, 5.74) is 2.50. The molecule has 3 rings (SSSR count). The molecule has 1 atom stereocenters. The average Bonchev–Trinajstić information content (AvgIpc) is 2.89. The predicted molar refractivity (Wildman–Crippen MR) is 142 cm³/mol. The molecule has 35 heavy (non-hydrogen) atoms. The monoisotopic (exact) mass is 477 g/mol. The molecule has 1 amide bonds. The first-order valence-electron chi connectivity index (χ1n) is 12.9. The Hall–Kier alpha value is -2.99. The van der Waals surface area contributed by atoms with Crippen molar-refractivity contribution in [1.29, 1.82) is 0 Å². The summed E-state index contributed by atoms with van der Waals surface area (Å²) in [6, 6.07) is 15.1. The van der Waals surface area contributed by atoms with Gasteiger partial charge in [-0.05, 0) is 49.1 Å². The molecular weight excluding hydrogens is 438 g/mol. The highest BCUT2D eigenvalue weighted by molar-refractivity contribution is 5.79. The van der Waals surface area contributed by atoms with Gasteiger partial charge in [-0.2, -0.15) is 0 Å². The van der Waals surface area contributed by atoms with E-state index in [9.17, 15) is 9.59 Å². The zero-order chi connectivity index (χ0) is 25.2. The summed E-state index contributed by atoms with van der Waals surface area (Å²) < 4.78 is 7.04. The smallest absolute Gasteiger partial charge is 0.266 e. The van der Waals surface area contributed by atoms with Crippen LogP contribution in [0.5, 0.6) is 0 Å². The standard InChI is InChI=1S/C29H39N3O3/c1-5-8-9-10-15-27(33)31(20-21-35-4)26(7-3)28-30-25-14-12-11-13-24(25)29(34)32(28)23-18-16-22(6-2)17-19-23/h11-14,16-19,26H,5-10,15,20-21H2,1-4H3. The van der Waals surface area contributed by atoms with Crippen molar-refractivity contribution in [2.75, 3.05) is 20.3 Å². The van der Waals surface area contributed by atoms with Gasteiger partial charge in [0.05, 0.1) is 29.2 Å². The first kappa shape index (κ1) is 26.6. The van der Waals surface area contributed by atoms with E-state index in [1.807, 2.05) is 60.4 Å². The molecule has 0 aliphatic rings. The fraction of sp³-hybridized carbons (Fsp3) is 0.483. The number of carbonyl (C=O) groups is 1. The highest BCUT2D eigenvalue weighted by Gasteiger charge is 2.28. The first-order valence-corrected chi connectivity index (χ1v) is 12.9. The van der Waals surface area contributed by atoms with Crippen LogP contribution in [0.4, 0.5) is 0 Å². The summed E-state index contributed by atoms with van der Waals surface area (Å²) in [4.78, 5) is 34.0. The number of nitrogens with zero attached hydrogens (tertiary/aromatic N) is 3. The second-order valence-electron chi connectivity index (χ2n) is 8.96. The van der Waals surface area contributed by atoms with Crippen LogP contribution in [0.1, 0.15) is 76.7 Å². The fourth-order valence-electron chi connectivity index (χ4n) is 4.54. The molecular formula is C29H39N3O3. The van der Waals surface area contributed by atoms with E-state index >= 15 is 0 Å². The number of hydrogen-bond acceptors (Lipinski definition) is 4. The largest absolute Gasteiger partial charge is 0.383 e. The van der Waals surface area contributed by atoms with Gasteiger partial charge in [0.15, 0.2) is 0 Å². The van der Waals surface area contributed by atoms with E-state index in [-0.39, 0.29) is 17.5 Å². The third-order valence-corrected chi connectivity index (χ3v) is 6.57. The Morgan fingerprint density at radius 3 is 2.43 bits per heavy atom. The molecule has 1 aromatic heterocycles. The molecule has 188 valence electrons. The number of aryl methyl sites for hydroxylation is 1. The SMILES string of the molecule is CCCCCCC(=O)N(CCOC)C(CC)c1nc2ccccc2c(=O)n1-c1ccc(CC)cc1. The minimum absolute atomic E-state index is 0.0836. The highest BCUT2D eigenvalue weighted by Crippen LogP contribution is 2.27. The minimum atomic E-state index is -0.341. The van der Waals surface area contributed by atoms with E-state index in [0.29, 0.717) is 42.7 Å². The topological polar surface area (TPSA) is 64.4 Å². The van der Waals surface area contributed by atoms with Gasteiger partial charge in [0.2, 0.25) is 5.91 Å². The molecule has 0 aliphatic heterocycles. The van der Waals surface area contributed by atoms with Crippen LogP contribution in [0.2, 0.25) is 0 Å². The van der Waals surface area contributed by atoms with Crippen LogP contribution >= 0.6 is 0 Å². The molecule has 0 aliphatic carbocycles. The number of unbranched alkanes of at least 4 members (excludes halogenated alkanes) is 3. The predicted octanol–water partition coefficient (Wildman–Crippen LogP) is 5.84. The van der Waals surface area contributed by atoms with Crippen molar-refractivity contribution >= 4 is 16.8 Å². The lowest BCUT2D eigenvalue weighted by Crippen LogP contribution is -2.40. The number of benzene rings is 2. The van der Waals surface area contributed by atoms with Crippen LogP contribution in [0.25, 0.3) is 16.6 Å². The van der Waals surface area contributed by atoms with Gasteiger partial charge >= 0.3 is 0 Å². The summed E-state index contributed by atoms with van der Waals surface area (Å²) in [7, 11) is 1.64. The van der Waals surface area contributed by atoms with Gasteiger partial charge in [-0.15, -0.1) is 0 Å². The molecule has 0 saturated carbocycles. The Morgan fingerprint density at radius 1 is 1.03 bits per heavy atom. The third-order valence-electron chi connectivity index (χ3n) is 6.57.